The molecule has 0 atom stereocenters. The van der Waals surface area contributed by atoms with Crippen LogP contribution in [0.2, 0.25) is 0 Å². The van der Waals surface area contributed by atoms with E-state index >= 15 is 0 Å². The molecule has 0 saturated carbocycles. The molecule has 0 aliphatic carbocycles. The van der Waals surface area contributed by atoms with Crippen LogP contribution in [0.15, 0.2) is 4.99 Å². The van der Waals surface area contributed by atoms with Crippen molar-refractivity contribution in [2.75, 3.05) is 6.54 Å². The molecule has 0 spiro atoms. The van der Waals surface area contributed by atoms with Crippen LogP contribution in [0.4, 0.5) is 0 Å². The molecule has 0 rings (SSSR count). The predicted octanol–water partition coefficient (Wildman–Crippen LogP) is 1.45. The molecule has 0 aromatic heterocycles. The molecule has 0 bridgehead atoms. The molecule has 2 heteroatoms. The van der Waals surface area contributed by atoms with E-state index in [1.54, 1.807) is 0 Å². The minimum absolute atomic E-state index is 0.662. The van der Waals surface area contributed by atoms with Gasteiger partial charge in [0.2, 0.25) is 0 Å². The number of aliphatic imine (C=N–C) groups is 1. The van der Waals surface area contributed by atoms with Gasteiger partial charge < -0.3 is 4.79 Å². The summed E-state index contributed by atoms with van der Waals surface area (Å²) in [6.07, 6.45) is 5.36. The number of aldehydes is 1. The minimum atomic E-state index is 0.662. The Hall–Kier alpha value is -0.660. The van der Waals surface area contributed by atoms with Gasteiger partial charge in [-0.25, -0.2) is 0 Å². The van der Waals surface area contributed by atoms with E-state index in [4.69, 9.17) is 0 Å². The van der Waals surface area contributed by atoms with Gasteiger partial charge in [-0.2, -0.15) is 0 Å². The van der Waals surface area contributed by atoms with Crippen LogP contribution in [0.3, 0.4) is 0 Å². The maximum atomic E-state index is 9.79. The molecule has 9 heavy (non-hydrogen) atoms. The van der Waals surface area contributed by atoms with E-state index in [0.29, 0.717) is 6.42 Å². The molecule has 0 aliphatic heterocycles. The van der Waals surface area contributed by atoms with Gasteiger partial charge in [0.25, 0.3) is 0 Å². The number of rotatable bonds is 5. The fourth-order valence-corrected chi connectivity index (χ4v) is 0.513. The lowest BCUT2D eigenvalue weighted by molar-refractivity contribution is -0.107. The van der Waals surface area contributed by atoms with E-state index in [2.05, 4.69) is 4.99 Å². The van der Waals surface area contributed by atoms with Gasteiger partial charge >= 0.3 is 0 Å². The highest BCUT2D eigenvalue weighted by atomic mass is 16.1. The zero-order chi connectivity index (χ0) is 6.95. The molecule has 0 aromatic carbocycles. The molecule has 0 aliphatic rings. The molecule has 0 amide bonds. The van der Waals surface area contributed by atoms with Crippen molar-refractivity contribution >= 4 is 12.5 Å². The van der Waals surface area contributed by atoms with Crippen molar-refractivity contribution < 1.29 is 4.79 Å². The second-order valence-electron chi connectivity index (χ2n) is 1.78. The quantitative estimate of drug-likeness (QED) is 0.312. The second-order valence-corrected chi connectivity index (χ2v) is 1.78. The second kappa shape index (κ2) is 7.34. The SMILES string of the molecule is CCN=CCCCC=O. The topological polar surface area (TPSA) is 29.4 Å². The molecule has 2 nitrogen and oxygen atoms in total. The van der Waals surface area contributed by atoms with Gasteiger partial charge in [0.05, 0.1) is 0 Å². The normalized spacial score (nSPS) is 10.3. The number of carbonyl (C=O) groups is 1. The van der Waals surface area contributed by atoms with E-state index in [0.717, 1.165) is 25.7 Å². The molecule has 0 N–H and O–H groups in total. The summed E-state index contributed by atoms with van der Waals surface area (Å²) >= 11 is 0. The van der Waals surface area contributed by atoms with E-state index in [1.807, 2.05) is 13.1 Å². The van der Waals surface area contributed by atoms with Crippen LogP contribution in [-0.4, -0.2) is 19.0 Å². The molecule has 0 aromatic rings. The number of hydrogen-bond donors (Lipinski definition) is 0. The van der Waals surface area contributed by atoms with Crippen LogP contribution in [-0.2, 0) is 4.79 Å². The lowest BCUT2D eigenvalue weighted by Crippen LogP contribution is -1.79. The maximum Gasteiger partial charge on any atom is 0.120 e. The highest BCUT2D eigenvalue weighted by Gasteiger charge is 1.80. The first-order valence-corrected chi connectivity index (χ1v) is 3.33. The van der Waals surface area contributed by atoms with Gasteiger partial charge in [-0.1, -0.05) is 0 Å². The van der Waals surface area contributed by atoms with Crippen LogP contribution in [0.5, 0.6) is 0 Å². The first-order valence-electron chi connectivity index (χ1n) is 3.33. The average Bonchev–Trinajstić information content (AvgIpc) is 1.89. The summed E-state index contributed by atoms with van der Waals surface area (Å²) in [5.41, 5.74) is 0. The fourth-order valence-electron chi connectivity index (χ4n) is 0.513. The highest BCUT2D eigenvalue weighted by molar-refractivity contribution is 5.58. The summed E-state index contributed by atoms with van der Waals surface area (Å²) in [5.74, 6) is 0. The van der Waals surface area contributed by atoms with Crippen molar-refractivity contribution in [3.05, 3.63) is 0 Å². The Bertz CT molecular complexity index is 88.9. The van der Waals surface area contributed by atoms with Crippen molar-refractivity contribution in [3.63, 3.8) is 0 Å². The van der Waals surface area contributed by atoms with Crippen LogP contribution < -0.4 is 0 Å². The fraction of sp³-hybridized carbons (Fsp3) is 0.714. The van der Waals surface area contributed by atoms with Crippen LogP contribution in [0, 0.1) is 0 Å². The molecule has 0 saturated heterocycles. The van der Waals surface area contributed by atoms with Gasteiger partial charge in [0.1, 0.15) is 6.29 Å². The first-order chi connectivity index (χ1) is 4.41. The van der Waals surface area contributed by atoms with Gasteiger partial charge in [-0.3, -0.25) is 4.99 Å². The van der Waals surface area contributed by atoms with E-state index in [9.17, 15) is 4.79 Å². The van der Waals surface area contributed by atoms with E-state index in [1.165, 1.54) is 0 Å². The van der Waals surface area contributed by atoms with Crippen molar-refractivity contribution in [2.24, 2.45) is 4.99 Å². The predicted molar refractivity (Wildman–Crippen MR) is 38.9 cm³/mol. The number of hydrogen-bond acceptors (Lipinski definition) is 2. The van der Waals surface area contributed by atoms with Crippen LogP contribution >= 0.6 is 0 Å². The molecular formula is C7H13NO. The van der Waals surface area contributed by atoms with Gasteiger partial charge in [0.15, 0.2) is 0 Å². The molecule has 0 unspecified atom stereocenters. The van der Waals surface area contributed by atoms with Crippen LogP contribution in [0.1, 0.15) is 26.2 Å². The zero-order valence-corrected chi connectivity index (χ0v) is 5.84. The Morgan fingerprint density at radius 3 is 2.78 bits per heavy atom. The summed E-state index contributed by atoms with van der Waals surface area (Å²) in [5, 5.41) is 0. The number of unbranched alkanes of at least 4 members (excludes halogenated alkanes) is 2. The molecule has 52 valence electrons. The van der Waals surface area contributed by atoms with Gasteiger partial charge in [-0.05, 0) is 26.0 Å². The number of carbonyl (C=O) groups excluding carboxylic acids is 1. The summed E-state index contributed by atoms with van der Waals surface area (Å²) in [6, 6.07) is 0. The summed E-state index contributed by atoms with van der Waals surface area (Å²) in [6.45, 7) is 2.84. The smallest absolute Gasteiger partial charge is 0.120 e. The molecule has 0 fully saturated rings. The zero-order valence-electron chi connectivity index (χ0n) is 5.84. The Morgan fingerprint density at radius 1 is 1.44 bits per heavy atom. The third-order valence-electron chi connectivity index (χ3n) is 0.967. The number of nitrogens with zero attached hydrogens (tertiary/aromatic N) is 1. The standard InChI is InChI=1S/C7H13NO/c1-2-8-6-4-3-5-7-9/h6-7H,2-5H2,1H3. The Morgan fingerprint density at radius 2 is 2.22 bits per heavy atom. The van der Waals surface area contributed by atoms with E-state index in [-0.39, 0.29) is 0 Å². The van der Waals surface area contributed by atoms with Crippen molar-refractivity contribution in [3.8, 4) is 0 Å². The van der Waals surface area contributed by atoms with Crippen molar-refractivity contribution in [2.45, 2.75) is 26.2 Å². The summed E-state index contributed by atoms with van der Waals surface area (Å²) in [7, 11) is 0. The van der Waals surface area contributed by atoms with E-state index < -0.39 is 0 Å². The lowest BCUT2D eigenvalue weighted by atomic mass is 10.3. The van der Waals surface area contributed by atoms with Crippen molar-refractivity contribution in [1.82, 2.24) is 0 Å². The Balaban J connectivity index is 2.90. The third kappa shape index (κ3) is 7.34. The summed E-state index contributed by atoms with van der Waals surface area (Å²) in [4.78, 5) is 13.8. The van der Waals surface area contributed by atoms with Crippen molar-refractivity contribution in [1.29, 1.82) is 0 Å². The first kappa shape index (κ1) is 8.34. The molecule has 0 heterocycles. The van der Waals surface area contributed by atoms with Gasteiger partial charge in [-0.15, -0.1) is 0 Å². The average molecular weight is 127 g/mol. The third-order valence-corrected chi connectivity index (χ3v) is 0.967. The molecular weight excluding hydrogens is 114 g/mol. The Labute approximate surface area is 56.0 Å². The summed E-state index contributed by atoms with van der Waals surface area (Å²) < 4.78 is 0. The highest BCUT2D eigenvalue weighted by Crippen LogP contribution is 1.87. The Kier molecular flexibility index (Phi) is 6.80. The van der Waals surface area contributed by atoms with Crippen LogP contribution in [0.25, 0.3) is 0 Å². The van der Waals surface area contributed by atoms with Gasteiger partial charge in [0, 0.05) is 13.0 Å². The monoisotopic (exact) mass is 127 g/mol. The largest absolute Gasteiger partial charge is 0.303 e. The molecule has 0 radical (unpaired) electrons. The lowest BCUT2D eigenvalue weighted by Gasteiger charge is -1.84. The minimum Gasteiger partial charge on any atom is -0.303 e. The maximum absolute atomic E-state index is 9.79.